The van der Waals surface area contributed by atoms with Crippen LogP contribution >= 0.6 is 11.3 Å². The number of amides is 1. The Balaban J connectivity index is 2.46. The molecule has 94 valence electrons. The van der Waals surface area contributed by atoms with Gasteiger partial charge >= 0.3 is 5.00 Å². The molecule has 1 rings (SSSR count). The van der Waals surface area contributed by atoms with Crippen LogP contribution in [0.1, 0.15) is 18.7 Å². The van der Waals surface area contributed by atoms with Crippen molar-refractivity contribution in [3.05, 3.63) is 27.1 Å². The van der Waals surface area contributed by atoms with E-state index in [2.05, 4.69) is 5.32 Å². The molecule has 0 bridgehead atoms. The van der Waals surface area contributed by atoms with Gasteiger partial charge in [-0.05, 0) is 19.9 Å². The minimum atomic E-state index is -0.622. The van der Waals surface area contributed by atoms with Gasteiger partial charge in [0, 0.05) is 24.0 Å². The fourth-order valence-electron chi connectivity index (χ4n) is 1.15. The van der Waals surface area contributed by atoms with Crippen LogP contribution in [-0.4, -0.2) is 17.4 Å². The molecule has 3 N–H and O–H groups in total. The van der Waals surface area contributed by atoms with Gasteiger partial charge in [0.15, 0.2) is 0 Å². The highest BCUT2D eigenvalue weighted by molar-refractivity contribution is 7.15. The lowest BCUT2D eigenvalue weighted by atomic mass is 9.93. The van der Waals surface area contributed by atoms with E-state index in [4.69, 9.17) is 5.73 Å². The van der Waals surface area contributed by atoms with Gasteiger partial charge in [-0.3, -0.25) is 14.9 Å². The van der Waals surface area contributed by atoms with E-state index >= 15 is 0 Å². The summed E-state index contributed by atoms with van der Waals surface area (Å²) in [5, 5.41) is 13.7. The molecule has 1 amide bonds. The average molecular weight is 257 g/mol. The maximum absolute atomic E-state index is 11.1. The largest absolute Gasteiger partial charge is 0.369 e. The number of carbonyl (C=O) groups is 1. The zero-order valence-corrected chi connectivity index (χ0v) is 10.5. The Labute approximate surface area is 103 Å². The fraction of sp³-hybridized carbons (Fsp3) is 0.500. The van der Waals surface area contributed by atoms with Crippen molar-refractivity contribution in [1.82, 2.24) is 5.32 Å². The van der Waals surface area contributed by atoms with Crippen LogP contribution in [0.3, 0.4) is 0 Å². The second kappa shape index (κ2) is 5.24. The molecule has 0 fully saturated rings. The first-order valence-electron chi connectivity index (χ1n) is 5.06. The highest BCUT2D eigenvalue weighted by Gasteiger charge is 2.24. The molecular formula is C10H15N3O3S. The summed E-state index contributed by atoms with van der Waals surface area (Å²) in [5.74, 6) is -0.373. The number of nitrogens with two attached hydrogens (primary N) is 1. The molecule has 0 saturated carbocycles. The van der Waals surface area contributed by atoms with Crippen LogP contribution in [0, 0.1) is 15.5 Å². The van der Waals surface area contributed by atoms with E-state index in [0.29, 0.717) is 13.1 Å². The van der Waals surface area contributed by atoms with Gasteiger partial charge in [0.1, 0.15) is 0 Å². The molecule has 0 spiro atoms. The number of nitrogens with zero attached hydrogens (tertiary/aromatic N) is 1. The molecule has 0 unspecified atom stereocenters. The Bertz CT molecular complexity index is 428. The van der Waals surface area contributed by atoms with Crippen LogP contribution in [-0.2, 0) is 11.3 Å². The topological polar surface area (TPSA) is 98.3 Å². The molecule has 7 heteroatoms. The second-order valence-corrected chi connectivity index (χ2v) is 5.50. The first kappa shape index (κ1) is 13.6. The summed E-state index contributed by atoms with van der Waals surface area (Å²) in [6.07, 6.45) is 0. The molecule has 6 nitrogen and oxygen atoms in total. The molecular weight excluding hydrogens is 242 g/mol. The second-order valence-electron chi connectivity index (χ2n) is 4.35. The lowest BCUT2D eigenvalue weighted by Crippen LogP contribution is -2.40. The van der Waals surface area contributed by atoms with Gasteiger partial charge in [-0.15, -0.1) is 0 Å². The van der Waals surface area contributed by atoms with E-state index in [9.17, 15) is 14.9 Å². The van der Waals surface area contributed by atoms with Gasteiger partial charge in [0.25, 0.3) is 0 Å². The highest BCUT2D eigenvalue weighted by Crippen LogP contribution is 2.23. The molecule has 0 aliphatic carbocycles. The molecule has 0 aliphatic rings. The number of nitro groups is 1. The number of hydrogen-bond acceptors (Lipinski definition) is 5. The normalized spacial score (nSPS) is 11.4. The minimum Gasteiger partial charge on any atom is -0.369 e. The molecule has 0 saturated heterocycles. The predicted molar refractivity (Wildman–Crippen MR) is 65.7 cm³/mol. The molecule has 1 aromatic rings. The average Bonchev–Trinajstić information content (AvgIpc) is 2.66. The van der Waals surface area contributed by atoms with Crippen LogP contribution in [0.15, 0.2) is 12.1 Å². The lowest BCUT2D eigenvalue weighted by Gasteiger charge is -2.20. The molecule has 17 heavy (non-hydrogen) atoms. The van der Waals surface area contributed by atoms with Gasteiger partial charge in [-0.25, -0.2) is 0 Å². The number of rotatable bonds is 6. The van der Waals surface area contributed by atoms with E-state index < -0.39 is 10.3 Å². The van der Waals surface area contributed by atoms with Crippen molar-refractivity contribution in [2.75, 3.05) is 6.54 Å². The maximum atomic E-state index is 11.1. The number of carbonyl (C=O) groups excluding carboxylic acids is 1. The van der Waals surface area contributed by atoms with Crippen molar-refractivity contribution in [3.63, 3.8) is 0 Å². The van der Waals surface area contributed by atoms with Gasteiger partial charge < -0.3 is 11.1 Å². The zero-order valence-electron chi connectivity index (χ0n) is 9.73. The molecule has 0 aliphatic heterocycles. The summed E-state index contributed by atoms with van der Waals surface area (Å²) in [7, 11) is 0. The SMILES string of the molecule is CC(C)(CNCc1ccc([N+](=O)[O-])s1)C(N)=O. The Morgan fingerprint density at radius 2 is 2.24 bits per heavy atom. The van der Waals surface area contributed by atoms with E-state index in [1.165, 1.54) is 6.07 Å². The number of primary amides is 1. The summed E-state index contributed by atoms with van der Waals surface area (Å²) in [4.78, 5) is 22.0. The Kier molecular flexibility index (Phi) is 4.19. The number of hydrogen-bond donors (Lipinski definition) is 2. The standard InChI is InChI=1S/C10H15N3O3S/c1-10(2,9(11)14)6-12-5-7-3-4-8(17-7)13(15)16/h3-4,12H,5-6H2,1-2H3,(H2,11,14). The first-order valence-corrected chi connectivity index (χ1v) is 5.88. The summed E-state index contributed by atoms with van der Waals surface area (Å²) in [5.41, 5.74) is 4.61. The van der Waals surface area contributed by atoms with Gasteiger partial charge in [-0.2, -0.15) is 0 Å². The van der Waals surface area contributed by atoms with Crippen molar-refractivity contribution in [2.45, 2.75) is 20.4 Å². The van der Waals surface area contributed by atoms with Gasteiger partial charge in [-0.1, -0.05) is 11.3 Å². The van der Waals surface area contributed by atoms with Gasteiger partial charge in [0.05, 0.1) is 10.3 Å². The zero-order chi connectivity index (χ0) is 13.1. The smallest absolute Gasteiger partial charge is 0.324 e. The quantitative estimate of drug-likeness (QED) is 0.592. The number of nitrogens with one attached hydrogen (secondary N) is 1. The van der Waals surface area contributed by atoms with E-state index in [-0.39, 0.29) is 10.9 Å². The first-order chi connectivity index (χ1) is 7.83. The summed E-state index contributed by atoms with van der Waals surface area (Å²) in [6.45, 7) is 4.43. The Morgan fingerprint density at radius 1 is 1.59 bits per heavy atom. The van der Waals surface area contributed by atoms with Crippen LogP contribution in [0.2, 0.25) is 0 Å². The fourth-order valence-corrected chi connectivity index (χ4v) is 1.93. The van der Waals surface area contributed by atoms with Crippen LogP contribution < -0.4 is 11.1 Å². The van der Waals surface area contributed by atoms with Crippen LogP contribution in [0.4, 0.5) is 5.00 Å². The van der Waals surface area contributed by atoms with E-state index in [0.717, 1.165) is 16.2 Å². The Hall–Kier alpha value is -1.47. The Morgan fingerprint density at radius 3 is 2.71 bits per heavy atom. The maximum Gasteiger partial charge on any atom is 0.324 e. The van der Waals surface area contributed by atoms with Gasteiger partial charge in [0.2, 0.25) is 5.91 Å². The molecule has 1 aromatic heterocycles. The number of thiophene rings is 1. The molecule has 1 heterocycles. The molecule has 0 radical (unpaired) electrons. The van der Waals surface area contributed by atoms with Crippen molar-refractivity contribution in [3.8, 4) is 0 Å². The van der Waals surface area contributed by atoms with Crippen LogP contribution in [0.5, 0.6) is 0 Å². The van der Waals surface area contributed by atoms with Crippen molar-refractivity contribution >= 4 is 22.2 Å². The monoisotopic (exact) mass is 257 g/mol. The van der Waals surface area contributed by atoms with E-state index in [1.54, 1.807) is 19.9 Å². The molecule has 0 aromatic carbocycles. The summed E-state index contributed by atoms with van der Waals surface area (Å²) < 4.78 is 0. The van der Waals surface area contributed by atoms with Crippen LogP contribution in [0.25, 0.3) is 0 Å². The predicted octanol–water partition coefficient (Wildman–Crippen LogP) is 1.26. The third kappa shape index (κ3) is 3.79. The lowest BCUT2D eigenvalue weighted by molar-refractivity contribution is -0.380. The molecule has 0 atom stereocenters. The van der Waals surface area contributed by atoms with Crippen molar-refractivity contribution < 1.29 is 9.72 Å². The summed E-state index contributed by atoms with van der Waals surface area (Å²) in [6, 6.07) is 3.17. The third-order valence-electron chi connectivity index (χ3n) is 2.36. The third-order valence-corrected chi connectivity index (χ3v) is 3.40. The van der Waals surface area contributed by atoms with Crippen molar-refractivity contribution in [1.29, 1.82) is 0 Å². The highest BCUT2D eigenvalue weighted by atomic mass is 32.1. The summed E-state index contributed by atoms with van der Waals surface area (Å²) >= 11 is 1.12. The van der Waals surface area contributed by atoms with Crippen molar-refractivity contribution in [2.24, 2.45) is 11.1 Å². The minimum absolute atomic E-state index is 0.121. The van der Waals surface area contributed by atoms with E-state index in [1.807, 2.05) is 0 Å².